The monoisotopic (exact) mass is 307 g/mol. The molecule has 1 aromatic carbocycles. The molecule has 0 fully saturated rings. The van der Waals surface area contributed by atoms with E-state index in [1.165, 1.54) is 0 Å². The molecule has 2 atom stereocenters. The van der Waals surface area contributed by atoms with Gasteiger partial charge in [0.25, 0.3) is 0 Å². The summed E-state index contributed by atoms with van der Waals surface area (Å²) >= 11 is 5.89. The quantitative estimate of drug-likeness (QED) is 0.862. The van der Waals surface area contributed by atoms with Crippen molar-refractivity contribution in [2.45, 2.75) is 25.3 Å². The van der Waals surface area contributed by atoms with E-state index in [9.17, 15) is 4.79 Å². The summed E-state index contributed by atoms with van der Waals surface area (Å²) in [6.45, 7) is 1.66. The molecule has 1 amide bonds. The summed E-state index contributed by atoms with van der Waals surface area (Å²) in [5.74, 6) is 0.208. The Bertz CT molecular complexity index is 566. The van der Waals surface area contributed by atoms with Gasteiger partial charge in [-0.05, 0) is 36.8 Å². The number of carbonyl (C=O) groups excluding carboxylic acids is 1. The number of nitrogens with one attached hydrogen (secondary N) is 1. The van der Waals surface area contributed by atoms with E-state index >= 15 is 0 Å². The van der Waals surface area contributed by atoms with Crippen molar-refractivity contribution in [3.8, 4) is 0 Å². The molecule has 21 heavy (non-hydrogen) atoms. The average Bonchev–Trinajstić information content (AvgIpc) is 2.98. The van der Waals surface area contributed by atoms with Crippen molar-refractivity contribution in [2.75, 3.05) is 6.61 Å². The molecule has 0 aliphatic carbocycles. The standard InChI is InChI=1S/C16H18ClNO3/c1-11(10-19)18-16(20)15(9-14-3-2-8-21-14)12-4-6-13(17)7-5-12/h2-8,11,15,19H,9-10H2,1H3,(H,18,20)/t11-,15?/m0/s1. The van der Waals surface area contributed by atoms with Crippen LogP contribution in [0, 0.1) is 0 Å². The van der Waals surface area contributed by atoms with Crippen molar-refractivity contribution in [1.82, 2.24) is 5.32 Å². The van der Waals surface area contributed by atoms with Crippen LogP contribution in [0.5, 0.6) is 0 Å². The Morgan fingerprint density at radius 2 is 2.05 bits per heavy atom. The van der Waals surface area contributed by atoms with E-state index in [0.29, 0.717) is 11.4 Å². The van der Waals surface area contributed by atoms with Crippen molar-refractivity contribution in [1.29, 1.82) is 0 Å². The molecule has 2 N–H and O–H groups in total. The lowest BCUT2D eigenvalue weighted by Gasteiger charge is -2.19. The van der Waals surface area contributed by atoms with Gasteiger partial charge in [-0.15, -0.1) is 0 Å². The van der Waals surface area contributed by atoms with Crippen LogP contribution in [0.1, 0.15) is 24.2 Å². The topological polar surface area (TPSA) is 62.5 Å². The highest BCUT2D eigenvalue weighted by Gasteiger charge is 2.23. The van der Waals surface area contributed by atoms with Crippen LogP contribution >= 0.6 is 11.6 Å². The lowest BCUT2D eigenvalue weighted by atomic mass is 9.93. The van der Waals surface area contributed by atoms with Crippen LogP contribution in [-0.2, 0) is 11.2 Å². The number of hydrogen-bond acceptors (Lipinski definition) is 3. The van der Waals surface area contributed by atoms with E-state index in [1.54, 1.807) is 31.4 Å². The lowest BCUT2D eigenvalue weighted by Crippen LogP contribution is -2.38. The van der Waals surface area contributed by atoms with Gasteiger partial charge in [-0.1, -0.05) is 23.7 Å². The number of aliphatic hydroxyl groups is 1. The Morgan fingerprint density at radius 1 is 1.33 bits per heavy atom. The minimum atomic E-state index is -0.387. The molecule has 2 rings (SSSR count). The molecular weight excluding hydrogens is 290 g/mol. The number of halogens is 1. The minimum Gasteiger partial charge on any atom is -0.469 e. The van der Waals surface area contributed by atoms with Crippen molar-refractivity contribution in [3.63, 3.8) is 0 Å². The highest BCUT2D eigenvalue weighted by atomic mass is 35.5. The summed E-state index contributed by atoms with van der Waals surface area (Å²) in [5, 5.41) is 12.5. The fraction of sp³-hybridized carbons (Fsp3) is 0.312. The van der Waals surface area contributed by atoms with E-state index in [1.807, 2.05) is 18.2 Å². The van der Waals surface area contributed by atoms with Gasteiger partial charge in [-0.3, -0.25) is 4.79 Å². The molecule has 4 nitrogen and oxygen atoms in total. The summed E-state index contributed by atoms with van der Waals surface area (Å²) in [6.07, 6.45) is 2.04. The minimum absolute atomic E-state index is 0.0974. The van der Waals surface area contributed by atoms with E-state index in [4.69, 9.17) is 21.1 Å². The van der Waals surface area contributed by atoms with E-state index in [0.717, 1.165) is 11.3 Å². The molecule has 0 saturated heterocycles. The number of rotatable bonds is 6. The molecule has 0 saturated carbocycles. The normalized spacial score (nSPS) is 13.7. The Labute approximate surface area is 128 Å². The van der Waals surface area contributed by atoms with Gasteiger partial charge in [0.2, 0.25) is 5.91 Å². The highest BCUT2D eigenvalue weighted by Crippen LogP contribution is 2.23. The van der Waals surface area contributed by atoms with Gasteiger partial charge >= 0.3 is 0 Å². The number of carbonyl (C=O) groups is 1. The lowest BCUT2D eigenvalue weighted by molar-refractivity contribution is -0.123. The molecule has 2 aromatic rings. The molecular formula is C16H18ClNO3. The fourth-order valence-electron chi connectivity index (χ4n) is 2.08. The second kappa shape index (κ2) is 7.29. The first-order chi connectivity index (χ1) is 10.1. The zero-order valence-corrected chi connectivity index (χ0v) is 12.5. The third-order valence-corrected chi connectivity index (χ3v) is 3.49. The first kappa shape index (κ1) is 15.6. The van der Waals surface area contributed by atoms with Crippen LogP contribution in [0.15, 0.2) is 47.1 Å². The average molecular weight is 308 g/mol. The molecule has 1 aromatic heterocycles. The largest absolute Gasteiger partial charge is 0.469 e. The second-order valence-electron chi connectivity index (χ2n) is 4.98. The van der Waals surface area contributed by atoms with Gasteiger partial charge in [0.15, 0.2) is 0 Å². The first-order valence-electron chi connectivity index (χ1n) is 6.79. The molecule has 5 heteroatoms. The van der Waals surface area contributed by atoms with Gasteiger partial charge in [0.1, 0.15) is 5.76 Å². The summed E-state index contributed by atoms with van der Waals surface area (Å²) < 4.78 is 5.34. The molecule has 0 radical (unpaired) electrons. The third-order valence-electron chi connectivity index (χ3n) is 3.24. The maximum absolute atomic E-state index is 12.4. The predicted octanol–water partition coefficient (Wildman–Crippen LogP) is 2.76. The Morgan fingerprint density at radius 3 is 2.62 bits per heavy atom. The van der Waals surface area contributed by atoms with Gasteiger partial charge in [0, 0.05) is 17.5 Å². The van der Waals surface area contributed by atoms with Crippen molar-refractivity contribution in [2.24, 2.45) is 0 Å². The Balaban J connectivity index is 2.21. The first-order valence-corrected chi connectivity index (χ1v) is 7.17. The van der Waals surface area contributed by atoms with Crippen LogP contribution in [0.3, 0.4) is 0 Å². The molecule has 0 aliphatic rings. The predicted molar refractivity (Wildman–Crippen MR) is 81.3 cm³/mol. The number of hydrogen-bond donors (Lipinski definition) is 2. The van der Waals surface area contributed by atoms with Gasteiger partial charge in [-0.25, -0.2) is 0 Å². The van der Waals surface area contributed by atoms with Gasteiger partial charge < -0.3 is 14.8 Å². The Hall–Kier alpha value is -1.78. The number of benzene rings is 1. The molecule has 0 aliphatic heterocycles. The van der Waals surface area contributed by atoms with Crippen molar-refractivity contribution in [3.05, 3.63) is 59.0 Å². The fourth-order valence-corrected chi connectivity index (χ4v) is 2.20. The number of aliphatic hydroxyl groups excluding tert-OH is 1. The van der Waals surface area contributed by atoms with Crippen molar-refractivity contribution >= 4 is 17.5 Å². The zero-order chi connectivity index (χ0) is 15.2. The van der Waals surface area contributed by atoms with E-state index in [-0.39, 0.29) is 24.5 Å². The molecule has 0 bridgehead atoms. The van der Waals surface area contributed by atoms with Crippen LogP contribution < -0.4 is 5.32 Å². The second-order valence-corrected chi connectivity index (χ2v) is 5.42. The molecule has 0 spiro atoms. The zero-order valence-electron chi connectivity index (χ0n) is 11.8. The van der Waals surface area contributed by atoms with Gasteiger partial charge in [0.05, 0.1) is 18.8 Å². The summed E-state index contributed by atoms with van der Waals surface area (Å²) in [5.41, 5.74) is 0.860. The molecule has 1 unspecified atom stereocenters. The van der Waals surface area contributed by atoms with Crippen LogP contribution in [0.25, 0.3) is 0 Å². The van der Waals surface area contributed by atoms with Crippen LogP contribution in [0.4, 0.5) is 0 Å². The summed E-state index contributed by atoms with van der Waals surface area (Å²) in [4.78, 5) is 12.4. The van der Waals surface area contributed by atoms with E-state index in [2.05, 4.69) is 5.32 Å². The molecule has 1 heterocycles. The molecule has 112 valence electrons. The summed E-state index contributed by atoms with van der Waals surface area (Å²) in [7, 11) is 0. The van der Waals surface area contributed by atoms with E-state index < -0.39 is 0 Å². The third kappa shape index (κ3) is 4.34. The Kier molecular flexibility index (Phi) is 5.42. The highest BCUT2D eigenvalue weighted by molar-refractivity contribution is 6.30. The smallest absolute Gasteiger partial charge is 0.228 e. The van der Waals surface area contributed by atoms with Crippen LogP contribution in [0.2, 0.25) is 5.02 Å². The SMILES string of the molecule is C[C@@H](CO)NC(=O)C(Cc1ccco1)c1ccc(Cl)cc1. The van der Waals surface area contributed by atoms with Gasteiger partial charge in [-0.2, -0.15) is 0 Å². The summed E-state index contributed by atoms with van der Waals surface area (Å²) in [6, 6.07) is 10.5. The van der Waals surface area contributed by atoms with Crippen molar-refractivity contribution < 1.29 is 14.3 Å². The van der Waals surface area contributed by atoms with Crippen LogP contribution in [-0.4, -0.2) is 23.7 Å². The number of amides is 1. The number of furan rings is 1. The maximum atomic E-state index is 12.4. The maximum Gasteiger partial charge on any atom is 0.228 e.